The van der Waals surface area contributed by atoms with Gasteiger partial charge in [-0.05, 0) is 24.7 Å². The van der Waals surface area contributed by atoms with Gasteiger partial charge in [0.25, 0.3) is 0 Å². The zero-order valence-corrected chi connectivity index (χ0v) is 19.0. The first kappa shape index (κ1) is 26.5. The molecule has 1 fully saturated rings. The second-order valence-corrected chi connectivity index (χ2v) is 8.26. The Balaban J connectivity index is 2.02. The molecule has 1 aliphatic heterocycles. The minimum absolute atomic E-state index is 0.0919. The Kier molecular flexibility index (Phi) is 8.10. The van der Waals surface area contributed by atoms with Crippen molar-refractivity contribution < 1.29 is 49.0 Å². The fourth-order valence-electron chi connectivity index (χ4n) is 4.03. The Labute approximate surface area is 198 Å². The van der Waals surface area contributed by atoms with Crippen LogP contribution >= 0.6 is 0 Å². The van der Waals surface area contributed by atoms with Crippen molar-refractivity contribution in [2.75, 3.05) is 13.7 Å². The highest BCUT2D eigenvalue weighted by molar-refractivity contribution is 5.82. The Hall–Kier alpha value is -3.07. The number of fused-ring (bicyclic) bond motifs is 1. The first-order chi connectivity index (χ1) is 16.5. The average molecular weight is 496 g/mol. The molecular formula is C22H28N2O11. The molecule has 2 aromatic rings. The topological polar surface area (TPSA) is 208 Å². The summed E-state index contributed by atoms with van der Waals surface area (Å²) in [6, 6.07) is 4.25. The molecule has 6 atom stereocenters. The zero-order chi connectivity index (χ0) is 25.9. The lowest BCUT2D eigenvalue weighted by Gasteiger charge is -2.46. The van der Waals surface area contributed by atoms with Crippen molar-refractivity contribution in [3.05, 3.63) is 40.2 Å². The lowest BCUT2D eigenvalue weighted by Crippen LogP contribution is -2.68. The minimum Gasteiger partial charge on any atom is -0.476 e. The molecule has 1 saturated heterocycles. The molecule has 1 amide bonds. The minimum atomic E-state index is -2.56. The largest absolute Gasteiger partial charge is 0.476 e. The highest BCUT2D eigenvalue weighted by Gasteiger charge is 2.56. The molecule has 35 heavy (non-hydrogen) atoms. The van der Waals surface area contributed by atoms with Gasteiger partial charge in [-0.3, -0.25) is 4.79 Å². The number of nitrogens with one attached hydrogen (secondary N) is 2. The molecule has 1 aromatic heterocycles. The van der Waals surface area contributed by atoms with Gasteiger partial charge in [-0.1, -0.05) is 0 Å². The second kappa shape index (κ2) is 10.7. The first-order valence-electron chi connectivity index (χ1n) is 10.7. The maximum absolute atomic E-state index is 12.3. The van der Waals surface area contributed by atoms with Crippen LogP contribution in [0, 0.1) is 0 Å². The van der Waals surface area contributed by atoms with Crippen LogP contribution in [0.1, 0.15) is 18.9 Å². The van der Waals surface area contributed by atoms with Gasteiger partial charge in [0.15, 0.2) is 0 Å². The van der Waals surface area contributed by atoms with E-state index >= 15 is 0 Å². The van der Waals surface area contributed by atoms with Crippen LogP contribution in [0.4, 0.5) is 0 Å². The quantitative estimate of drug-likeness (QED) is 0.189. The molecule has 13 heteroatoms. The Morgan fingerprint density at radius 1 is 1.29 bits per heavy atom. The van der Waals surface area contributed by atoms with Gasteiger partial charge in [0.1, 0.15) is 29.6 Å². The summed E-state index contributed by atoms with van der Waals surface area (Å²) >= 11 is 0. The number of aliphatic hydroxyl groups is 4. The van der Waals surface area contributed by atoms with Gasteiger partial charge in [-0.25, -0.2) is 9.59 Å². The van der Waals surface area contributed by atoms with Crippen molar-refractivity contribution in [2.45, 2.75) is 56.1 Å². The molecule has 1 aliphatic rings. The summed E-state index contributed by atoms with van der Waals surface area (Å²) in [6.45, 7) is 0.608. The number of carbonyl (C=O) groups excluding carboxylic acids is 1. The third-order valence-electron chi connectivity index (χ3n) is 5.64. The predicted molar refractivity (Wildman–Crippen MR) is 118 cm³/mol. The standard InChI is InChI=1S/C22H28N2O11/c1-10(26)24-18-14(27)7-22(21(31)32,35-20(18)19(30)15(28)9-25)34-12-3-4-13-11(8-23-2)5-17(29)33-16(13)6-12/h3-6,14-15,18-20,23,25,27-28,30H,7-9H2,1-2H3,(H,24,26)(H,31,32)/t14?,15-,18?,19-,20?,22?/m1/s1. The highest BCUT2D eigenvalue weighted by Crippen LogP contribution is 2.35. The fraction of sp³-hybridized carbons (Fsp3) is 0.500. The van der Waals surface area contributed by atoms with Gasteiger partial charge in [-0.2, -0.15) is 0 Å². The van der Waals surface area contributed by atoms with E-state index in [2.05, 4.69) is 10.6 Å². The van der Waals surface area contributed by atoms with E-state index in [1.165, 1.54) is 18.2 Å². The lowest BCUT2D eigenvalue weighted by atomic mass is 9.88. The number of benzene rings is 1. The number of aliphatic carboxylic acids is 1. The number of amides is 1. The van der Waals surface area contributed by atoms with Crippen LogP contribution in [0.25, 0.3) is 11.0 Å². The number of rotatable bonds is 9. The van der Waals surface area contributed by atoms with Crippen LogP contribution in [0.3, 0.4) is 0 Å². The number of hydrogen-bond acceptors (Lipinski definition) is 11. The Bertz CT molecular complexity index is 1140. The van der Waals surface area contributed by atoms with Crippen LogP contribution in [-0.2, 0) is 20.9 Å². The summed E-state index contributed by atoms with van der Waals surface area (Å²) in [6.07, 6.45) is -7.61. The summed E-state index contributed by atoms with van der Waals surface area (Å²) in [5, 5.41) is 56.2. The third-order valence-corrected chi connectivity index (χ3v) is 5.64. The molecule has 0 saturated carbocycles. The van der Waals surface area contributed by atoms with E-state index < -0.39 is 66.8 Å². The van der Waals surface area contributed by atoms with E-state index in [0.29, 0.717) is 17.5 Å². The van der Waals surface area contributed by atoms with Crippen LogP contribution in [-0.4, -0.2) is 87.3 Å². The van der Waals surface area contributed by atoms with Gasteiger partial charge in [0, 0.05) is 31.0 Å². The maximum atomic E-state index is 12.3. The zero-order valence-electron chi connectivity index (χ0n) is 19.0. The van der Waals surface area contributed by atoms with E-state index in [9.17, 15) is 39.9 Å². The second-order valence-electron chi connectivity index (χ2n) is 8.26. The van der Waals surface area contributed by atoms with Crippen molar-refractivity contribution in [1.29, 1.82) is 0 Å². The lowest BCUT2D eigenvalue weighted by molar-refractivity contribution is -0.284. The summed E-state index contributed by atoms with van der Waals surface area (Å²) in [5.74, 6) is -4.94. The molecule has 1 aromatic carbocycles. The molecular weight excluding hydrogens is 468 g/mol. The molecule has 192 valence electrons. The van der Waals surface area contributed by atoms with Crippen molar-refractivity contribution in [3.63, 3.8) is 0 Å². The molecule has 0 aliphatic carbocycles. The van der Waals surface area contributed by atoms with Crippen LogP contribution in [0.2, 0.25) is 0 Å². The predicted octanol–water partition coefficient (Wildman–Crippen LogP) is -1.96. The maximum Gasteiger partial charge on any atom is 0.377 e. The smallest absolute Gasteiger partial charge is 0.377 e. The first-order valence-corrected chi connectivity index (χ1v) is 10.7. The summed E-state index contributed by atoms with van der Waals surface area (Å²) < 4.78 is 16.4. The van der Waals surface area contributed by atoms with E-state index in [1.807, 2.05) is 0 Å². The number of aliphatic hydroxyl groups excluding tert-OH is 4. The van der Waals surface area contributed by atoms with Crippen molar-refractivity contribution >= 4 is 22.8 Å². The molecule has 4 unspecified atom stereocenters. The van der Waals surface area contributed by atoms with Gasteiger partial charge in [0.05, 0.1) is 25.2 Å². The number of carbonyl (C=O) groups is 2. The van der Waals surface area contributed by atoms with Gasteiger partial charge < -0.3 is 50.1 Å². The molecule has 2 heterocycles. The van der Waals surface area contributed by atoms with Crippen molar-refractivity contribution in [2.24, 2.45) is 0 Å². The van der Waals surface area contributed by atoms with Gasteiger partial charge >= 0.3 is 17.4 Å². The summed E-state index contributed by atoms with van der Waals surface area (Å²) in [5.41, 5.74) is 0.124. The summed E-state index contributed by atoms with van der Waals surface area (Å²) in [7, 11) is 1.70. The van der Waals surface area contributed by atoms with Gasteiger partial charge in [0.2, 0.25) is 5.91 Å². The van der Waals surface area contributed by atoms with Crippen LogP contribution < -0.4 is 21.0 Å². The number of carboxylic acid groups (broad SMARTS) is 1. The number of hydrogen-bond donors (Lipinski definition) is 7. The molecule has 3 rings (SSSR count). The van der Waals surface area contributed by atoms with E-state index in [4.69, 9.17) is 13.9 Å². The van der Waals surface area contributed by atoms with E-state index in [0.717, 1.165) is 6.92 Å². The molecule has 0 radical (unpaired) electrons. The Morgan fingerprint density at radius 3 is 2.60 bits per heavy atom. The van der Waals surface area contributed by atoms with Gasteiger partial charge in [-0.15, -0.1) is 0 Å². The summed E-state index contributed by atoms with van der Waals surface area (Å²) in [4.78, 5) is 35.8. The van der Waals surface area contributed by atoms with E-state index in [1.54, 1.807) is 13.1 Å². The fourth-order valence-corrected chi connectivity index (χ4v) is 4.03. The van der Waals surface area contributed by atoms with E-state index in [-0.39, 0.29) is 11.3 Å². The molecule has 7 N–H and O–H groups in total. The van der Waals surface area contributed by atoms with Crippen molar-refractivity contribution in [3.8, 4) is 5.75 Å². The van der Waals surface area contributed by atoms with Crippen molar-refractivity contribution in [1.82, 2.24) is 10.6 Å². The average Bonchev–Trinajstić information content (AvgIpc) is 2.79. The number of carboxylic acids is 1. The Morgan fingerprint density at radius 2 is 2.00 bits per heavy atom. The third kappa shape index (κ3) is 5.61. The molecule has 0 bridgehead atoms. The number of ether oxygens (including phenoxy) is 2. The molecule has 0 spiro atoms. The normalized spacial score (nSPS) is 26.2. The molecule has 13 nitrogen and oxygen atoms in total. The SMILES string of the molecule is CNCc1cc(=O)oc2cc(OC3(C(=O)O)CC(O)C(NC(C)=O)C([C@H](O)[C@H](O)CO)O3)ccc12. The highest BCUT2D eigenvalue weighted by atomic mass is 16.7. The van der Waals surface area contributed by atoms with Crippen LogP contribution in [0.15, 0.2) is 33.5 Å². The van der Waals surface area contributed by atoms with Crippen LogP contribution in [0.5, 0.6) is 5.75 Å². The monoisotopic (exact) mass is 496 g/mol.